The van der Waals surface area contributed by atoms with Crippen LogP contribution in [0.4, 0.5) is 15.8 Å². The lowest BCUT2D eigenvalue weighted by Gasteiger charge is -2.11. The van der Waals surface area contributed by atoms with Crippen LogP contribution < -0.4 is 9.44 Å². The topological polar surface area (TPSA) is 92.3 Å². The highest BCUT2D eigenvalue weighted by molar-refractivity contribution is 7.92. The van der Waals surface area contributed by atoms with Crippen LogP contribution >= 0.6 is 0 Å². The second-order valence-corrected chi connectivity index (χ2v) is 9.89. The number of sulfonamides is 2. The van der Waals surface area contributed by atoms with E-state index in [-0.39, 0.29) is 16.3 Å². The molecule has 0 aromatic heterocycles. The van der Waals surface area contributed by atoms with Gasteiger partial charge in [-0.05, 0) is 61.0 Å². The molecule has 0 saturated heterocycles. The monoisotopic (exact) mass is 434 g/mol. The lowest BCUT2D eigenvalue weighted by molar-refractivity contribution is 0.599. The van der Waals surface area contributed by atoms with Crippen molar-refractivity contribution in [2.75, 3.05) is 9.44 Å². The van der Waals surface area contributed by atoms with Crippen molar-refractivity contribution in [2.24, 2.45) is 0 Å². The zero-order chi connectivity index (χ0) is 21.1. The third-order valence-electron chi connectivity index (χ3n) is 4.01. The second kappa shape index (κ2) is 8.22. The summed E-state index contributed by atoms with van der Waals surface area (Å²) in [6.45, 7) is 1.90. The van der Waals surface area contributed by atoms with Gasteiger partial charge >= 0.3 is 0 Å². The molecular weight excluding hydrogens is 415 g/mol. The molecule has 0 aliphatic heterocycles. The van der Waals surface area contributed by atoms with Crippen LogP contribution in [0.3, 0.4) is 0 Å². The van der Waals surface area contributed by atoms with E-state index >= 15 is 0 Å². The van der Waals surface area contributed by atoms with Crippen molar-refractivity contribution >= 4 is 31.4 Å². The number of nitrogens with one attached hydrogen (secondary N) is 2. The van der Waals surface area contributed by atoms with Crippen molar-refractivity contribution in [3.8, 4) is 0 Å². The summed E-state index contributed by atoms with van der Waals surface area (Å²) < 4.78 is 67.3. The van der Waals surface area contributed by atoms with Crippen molar-refractivity contribution in [1.29, 1.82) is 0 Å². The van der Waals surface area contributed by atoms with Gasteiger partial charge in [-0.2, -0.15) is 0 Å². The SMILES string of the molecule is Cc1ccc(NS(=O)(=O)c2ccc(NS(=O)(=O)Cc3ccc(F)cc3)cc2)cc1. The van der Waals surface area contributed by atoms with Gasteiger partial charge in [-0.15, -0.1) is 0 Å². The van der Waals surface area contributed by atoms with Gasteiger partial charge in [0.15, 0.2) is 0 Å². The Labute approximate surface area is 169 Å². The molecule has 0 bridgehead atoms. The van der Waals surface area contributed by atoms with Gasteiger partial charge in [-0.3, -0.25) is 9.44 Å². The number of halogens is 1. The summed E-state index contributed by atoms with van der Waals surface area (Å²) in [6.07, 6.45) is 0. The number of anilines is 2. The van der Waals surface area contributed by atoms with E-state index in [9.17, 15) is 21.2 Å². The predicted octanol–water partition coefficient (Wildman–Crippen LogP) is 3.88. The van der Waals surface area contributed by atoms with Gasteiger partial charge in [0.25, 0.3) is 10.0 Å². The maximum absolute atomic E-state index is 12.9. The van der Waals surface area contributed by atoms with Crippen molar-refractivity contribution in [1.82, 2.24) is 0 Å². The van der Waals surface area contributed by atoms with Gasteiger partial charge in [0.2, 0.25) is 10.0 Å². The van der Waals surface area contributed by atoms with Crippen molar-refractivity contribution in [3.05, 3.63) is 89.7 Å². The van der Waals surface area contributed by atoms with Crippen LogP contribution in [0.1, 0.15) is 11.1 Å². The molecule has 152 valence electrons. The van der Waals surface area contributed by atoms with Gasteiger partial charge in [0.05, 0.1) is 10.6 Å². The first-order valence-electron chi connectivity index (χ1n) is 8.57. The van der Waals surface area contributed by atoms with Crippen molar-refractivity contribution in [3.63, 3.8) is 0 Å². The highest BCUT2D eigenvalue weighted by atomic mass is 32.2. The lowest BCUT2D eigenvalue weighted by Crippen LogP contribution is -2.16. The van der Waals surface area contributed by atoms with E-state index in [0.29, 0.717) is 11.3 Å². The fourth-order valence-electron chi connectivity index (χ4n) is 2.55. The fraction of sp³-hybridized carbons (Fsp3) is 0.100. The number of hydrogen-bond donors (Lipinski definition) is 2. The molecule has 3 aromatic carbocycles. The Balaban J connectivity index is 1.70. The third kappa shape index (κ3) is 5.78. The quantitative estimate of drug-likeness (QED) is 0.590. The van der Waals surface area contributed by atoms with E-state index in [1.54, 1.807) is 24.3 Å². The van der Waals surface area contributed by atoms with E-state index in [4.69, 9.17) is 0 Å². The largest absolute Gasteiger partial charge is 0.283 e. The summed E-state index contributed by atoms with van der Waals surface area (Å²) in [6, 6.07) is 17.4. The molecule has 6 nitrogen and oxygen atoms in total. The Bertz CT molecular complexity index is 1190. The maximum atomic E-state index is 12.9. The average molecular weight is 435 g/mol. The van der Waals surface area contributed by atoms with Crippen LogP contribution in [0.15, 0.2) is 77.7 Å². The first-order chi connectivity index (χ1) is 13.6. The van der Waals surface area contributed by atoms with Crippen LogP contribution in [0, 0.1) is 12.7 Å². The van der Waals surface area contributed by atoms with Gasteiger partial charge in [-0.25, -0.2) is 21.2 Å². The Morgan fingerprint density at radius 3 is 1.83 bits per heavy atom. The van der Waals surface area contributed by atoms with Crippen LogP contribution in [0.2, 0.25) is 0 Å². The second-order valence-electron chi connectivity index (χ2n) is 6.48. The molecule has 0 saturated carbocycles. The summed E-state index contributed by atoms with van der Waals surface area (Å²) in [7, 11) is -7.54. The van der Waals surface area contributed by atoms with Crippen molar-refractivity contribution in [2.45, 2.75) is 17.6 Å². The minimum Gasteiger partial charge on any atom is -0.283 e. The Morgan fingerprint density at radius 2 is 1.24 bits per heavy atom. The molecule has 3 aromatic rings. The maximum Gasteiger partial charge on any atom is 0.261 e. The first kappa shape index (κ1) is 20.8. The highest BCUT2D eigenvalue weighted by Gasteiger charge is 2.16. The van der Waals surface area contributed by atoms with Crippen LogP contribution in [0.25, 0.3) is 0 Å². The Kier molecular flexibility index (Phi) is 5.90. The molecular formula is C20H19FN2O4S2. The third-order valence-corrected chi connectivity index (χ3v) is 6.67. The van der Waals surface area contributed by atoms with Crippen LogP contribution in [-0.2, 0) is 25.8 Å². The summed E-state index contributed by atoms with van der Waals surface area (Å²) >= 11 is 0. The minimum atomic E-state index is -3.80. The summed E-state index contributed by atoms with van der Waals surface area (Å²) in [5.41, 5.74) is 2.09. The van der Waals surface area contributed by atoms with E-state index < -0.39 is 25.9 Å². The Morgan fingerprint density at radius 1 is 0.724 bits per heavy atom. The number of rotatable bonds is 7. The molecule has 0 amide bonds. The minimum absolute atomic E-state index is 0.000410. The predicted molar refractivity (Wildman–Crippen MR) is 111 cm³/mol. The van der Waals surface area contributed by atoms with Gasteiger partial charge in [0.1, 0.15) is 5.82 Å². The van der Waals surface area contributed by atoms with E-state index in [2.05, 4.69) is 9.44 Å². The lowest BCUT2D eigenvalue weighted by atomic mass is 10.2. The van der Waals surface area contributed by atoms with E-state index in [1.807, 2.05) is 6.92 Å². The number of hydrogen-bond acceptors (Lipinski definition) is 4. The first-order valence-corrected chi connectivity index (χ1v) is 11.7. The van der Waals surface area contributed by atoms with Gasteiger partial charge < -0.3 is 0 Å². The number of benzene rings is 3. The molecule has 0 radical (unpaired) electrons. The zero-order valence-corrected chi connectivity index (χ0v) is 17.1. The number of aryl methyl sites for hydroxylation is 1. The summed E-state index contributed by atoms with van der Waals surface area (Å²) in [4.78, 5) is -0.000410. The average Bonchev–Trinajstić information content (AvgIpc) is 2.65. The molecule has 0 aliphatic rings. The Hall–Kier alpha value is -2.91. The highest BCUT2D eigenvalue weighted by Crippen LogP contribution is 2.20. The van der Waals surface area contributed by atoms with E-state index in [0.717, 1.165) is 5.56 Å². The van der Waals surface area contributed by atoms with E-state index in [1.165, 1.54) is 48.5 Å². The smallest absolute Gasteiger partial charge is 0.261 e. The molecule has 0 atom stereocenters. The molecule has 0 fully saturated rings. The van der Waals surface area contributed by atoms with Crippen LogP contribution in [0.5, 0.6) is 0 Å². The molecule has 29 heavy (non-hydrogen) atoms. The van der Waals surface area contributed by atoms with Crippen LogP contribution in [-0.4, -0.2) is 16.8 Å². The molecule has 0 heterocycles. The fourth-order valence-corrected chi connectivity index (χ4v) is 4.81. The van der Waals surface area contributed by atoms with Gasteiger partial charge in [0, 0.05) is 11.4 Å². The van der Waals surface area contributed by atoms with Crippen molar-refractivity contribution < 1.29 is 21.2 Å². The molecule has 0 aliphatic carbocycles. The normalized spacial score (nSPS) is 11.8. The molecule has 3 rings (SSSR count). The van der Waals surface area contributed by atoms with Gasteiger partial charge in [-0.1, -0.05) is 29.8 Å². The molecule has 0 unspecified atom stereocenters. The zero-order valence-electron chi connectivity index (χ0n) is 15.5. The molecule has 9 heteroatoms. The summed E-state index contributed by atoms with van der Waals surface area (Å²) in [5.74, 6) is -0.780. The molecule has 2 N–H and O–H groups in total. The summed E-state index contributed by atoms with van der Waals surface area (Å²) in [5, 5.41) is 0. The molecule has 0 spiro atoms. The standard InChI is InChI=1S/C20H19FN2O4S2/c1-15-2-8-19(9-3-15)23-29(26,27)20-12-10-18(11-13-20)22-28(24,25)14-16-4-6-17(21)7-5-16/h2-13,22-23H,14H2,1H3.